The number of rotatable bonds is 5. The molecule has 3 amide bonds. The smallest absolute Gasteiger partial charge is 0.270 e. The van der Waals surface area contributed by atoms with Crippen LogP contribution in [0, 0.1) is 0 Å². The van der Waals surface area contributed by atoms with Crippen LogP contribution in [0.2, 0.25) is 5.15 Å². The van der Waals surface area contributed by atoms with E-state index in [1.165, 1.54) is 12.5 Å². The van der Waals surface area contributed by atoms with E-state index in [9.17, 15) is 14.4 Å². The first-order chi connectivity index (χ1) is 17.0. The Morgan fingerprint density at radius 2 is 1.92 bits per heavy atom. The number of hydrogen-bond acceptors (Lipinski definition) is 9. The van der Waals surface area contributed by atoms with Crippen molar-refractivity contribution in [3.8, 4) is 0 Å². The van der Waals surface area contributed by atoms with Gasteiger partial charge in [0.15, 0.2) is 11.0 Å². The molecule has 11 nitrogen and oxygen atoms in total. The molecule has 4 heterocycles. The lowest BCUT2D eigenvalue weighted by atomic mass is 9.88. The molecule has 36 heavy (non-hydrogen) atoms. The number of halogens is 1. The highest BCUT2D eigenvalue weighted by Crippen LogP contribution is 2.29. The van der Waals surface area contributed by atoms with Crippen molar-refractivity contribution in [2.75, 3.05) is 10.6 Å². The molecule has 0 aromatic carbocycles. The molecule has 0 saturated heterocycles. The standard InChI is InChI=1S/C23H25ClN8O3S/c1-11(28-21(35)17-12-6-5-7-16(33)30-19(12)27-10-26-17)22-25-9-14(36-22)20(34)29-15-8-13(23(2,3)4)18(24)32-31-15/h8-11H,5-7H2,1-4H3,(H,28,35)(H,29,31,34)(H,26,27,30,33). The van der Waals surface area contributed by atoms with Crippen LogP contribution < -0.4 is 16.0 Å². The van der Waals surface area contributed by atoms with E-state index in [1.54, 1.807) is 13.0 Å². The van der Waals surface area contributed by atoms with Gasteiger partial charge in [-0.15, -0.1) is 21.5 Å². The van der Waals surface area contributed by atoms with Crippen LogP contribution in [0.25, 0.3) is 0 Å². The summed E-state index contributed by atoms with van der Waals surface area (Å²) in [5.74, 6) is -0.309. The maximum Gasteiger partial charge on any atom is 0.270 e. The van der Waals surface area contributed by atoms with Crippen LogP contribution in [0.15, 0.2) is 18.6 Å². The van der Waals surface area contributed by atoms with Crippen molar-refractivity contribution in [1.82, 2.24) is 30.5 Å². The maximum atomic E-state index is 13.0. The van der Waals surface area contributed by atoms with Crippen LogP contribution in [0.4, 0.5) is 11.6 Å². The second kappa shape index (κ2) is 10.2. The monoisotopic (exact) mass is 528 g/mol. The Balaban J connectivity index is 1.45. The van der Waals surface area contributed by atoms with Crippen molar-refractivity contribution >= 4 is 52.3 Å². The third-order valence-electron chi connectivity index (χ3n) is 5.51. The minimum absolute atomic E-state index is 0.139. The Morgan fingerprint density at radius 3 is 2.67 bits per heavy atom. The summed E-state index contributed by atoms with van der Waals surface area (Å²) in [4.78, 5) is 50.5. The predicted molar refractivity (Wildman–Crippen MR) is 135 cm³/mol. The summed E-state index contributed by atoms with van der Waals surface area (Å²) >= 11 is 7.31. The molecule has 0 radical (unpaired) electrons. The summed E-state index contributed by atoms with van der Waals surface area (Å²) in [5.41, 5.74) is 1.30. The third-order valence-corrected chi connectivity index (χ3v) is 6.97. The molecule has 1 atom stereocenters. The first kappa shape index (κ1) is 25.6. The summed E-state index contributed by atoms with van der Waals surface area (Å²) in [6.07, 6.45) is 4.16. The van der Waals surface area contributed by atoms with Gasteiger partial charge in [-0.1, -0.05) is 32.4 Å². The largest absolute Gasteiger partial charge is 0.342 e. The van der Waals surface area contributed by atoms with Crippen molar-refractivity contribution in [2.24, 2.45) is 0 Å². The lowest BCUT2D eigenvalue weighted by Crippen LogP contribution is -2.29. The fraction of sp³-hybridized carbons (Fsp3) is 0.391. The molecule has 188 valence electrons. The van der Waals surface area contributed by atoms with E-state index in [1.807, 2.05) is 20.8 Å². The molecular weight excluding hydrogens is 504 g/mol. The first-order valence-corrected chi connectivity index (χ1v) is 12.5. The van der Waals surface area contributed by atoms with Gasteiger partial charge in [0, 0.05) is 17.5 Å². The number of thiazole rings is 1. The molecule has 1 aliphatic rings. The van der Waals surface area contributed by atoms with Gasteiger partial charge in [0.1, 0.15) is 27.7 Å². The Bertz CT molecular complexity index is 1340. The van der Waals surface area contributed by atoms with Crippen LogP contribution >= 0.6 is 22.9 Å². The van der Waals surface area contributed by atoms with Crippen molar-refractivity contribution in [2.45, 2.75) is 58.4 Å². The van der Waals surface area contributed by atoms with Crippen LogP contribution in [-0.4, -0.2) is 42.9 Å². The number of carbonyl (C=O) groups is 3. The number of amides is 3. The van der Waals surface area contributed by atoms with Gasteiger partial charge in [0.05, 0.1) is 12.2 Å². The molecule has 1 unspecified atom stereocenters. The topological polar surface area (TPSA) is 152 Å². The van der Waals surface area contributed by atoms with E-state index in [2.05, 4.69) is 41.1 Å². The lowest BCUT2D eigenvalue weighted by Gasteiger charge is -2.20. The fourth-order valence-corrected chi connectivity index (χ4v) is 4.83. The van der Waals surface area contributed by atoms with E-state index in [-0.39, 0.29) is 28.0 Å². The molecule has 13 heteroatoms. The second-order valence-corrected chi connectivity index (χ2v) is 10.8. The van der Waals surface area contributed by atoms with Crippen LogP contribution in [0.5, 0.6) is 0 Å². The number of aromatic nitrogens is 5. The minimum atomic E-state index is -0.488. The molecule has 0 bridgehead atoms. The normalized spacial score (nSPS) is 14.3. The zero-order valence-corrected chi connectivity index (χ0v) is 21.8. The summed E-state index contributed by atoms with van der Waals surface area (Å²) < 4.78 is 0. The Labute approximate surface area is 216 Å². The van der Waals surface area contributed by atoms with E-state index < -0.39 is 17.9 Å². The molecular formula is C23H25ClN8O3S. The fourth-order valence-electron chi connectivity index (χ4n) is 3.63. The van der Waals surface area contributed by atoms with Gasteiger partial charge >= 0.3 is 0 Å². The van der Waals surface area contributed by atoms with Crippen molar-refractivity contribution in [3.63, 3.8) is 0 Å². The quantitative estimate of drug-likeness (QED) is 0.453. The zero-order valence-electron chi connectivity index (χ0n) is 20.2. The zero-order chi connectivity index (χ0) is 26.0. The summed E-state index contributed by atoms with van der Waals surface area (Å²) in [6.45, 7) is 7.73. The summed E-state index contributed by atoms with van der Waals surface area (Å²) in [5, 5.41) is 17.0. The molecule has 4 rings (SSSR count). The van der Waals surface area contributed by atoms with Gasteiger partial charge in [-0.25, -0.2) is 15.0 Å². The van der Waals surface area contributed by atoms with Crippen LogP contribution in [-0.2, 0) is 16.6 Å². The number of carbonyl (C=O) groups excluding carboxylic acids is 3. The maximum absolute atomic E-state index is 13.0. The van der Waals surface area contributed by atoms with Crippen molar-refractivity contribution < 1.29 is 14.4 Å². The first-order valence-electron chi connectivity index (χ1n) is 11.3. The highest BCUT2D eigenvalue weighted by molar-refractivity contribution is 7.13. The van der Waals surface area contributed by atoms with Crippen molar-refractivity contribution in [3.05, 3.63) is 50.4 Å². The number of hydrogen-bond donors (Lipinski definition) is 3. The van der Waals surface area contributed by atoms with E-state index in [0.717, 1.165) is 16.9 Å². The van der Waals surface area contributed by atoms with E-state index in [4.69, 9.17) is 11.6 Å². The molecule has 0 saturated carbocycles. The number of nitrogens with zero attached hydrogens (tertiary/aromatic N) is 5. The van der Waals surface area contributed by atoms with Crippen LogP contribution in [0.1, 0.15) is 82.9 Å². The van der Waals surface area contributed by atoms with Crippen molar-refractivity contribution in [1.29, 1.82) is 0 Å². The molecule has 1 aliphatic heterocycles. The Hall–Kier alpha value is -3.51. The molecule has 3 aromatic rings. The lowest BCUT2D eigenvalue weighted by molar-refractivity contribution is -0.116. The Kier molecular flexibility index (Phi) is 7.27. The SMILES string of the molecule is CC(NC(=O)c1ncnc2c1CCCC(=O)N2)c1ncc(C(=O)Nc2cc(C(C)(C)C)c(Cl)nn2)s1. The van der Waals surface area contributed by atoms with Gasteiger partial charge in [0.2, 0.25) is 5.91 Å². The molecule has 0 aliphatic carbocycles. The average Bonchev–Trinajstić information content (AvgIpc) is 3.23. The summed E-state index contributed by atoms with van der Waals surface area (Å²) in [6, 6.07) is 1.21. The average molecular weight is 529 g/mol. The van der Waals surface area contributed by atoms with Crippen LogP contribution in [0.3, 0.4) is 0 Å². The second-order valence-electron chi connectivity index (χ2n) is 9.35. The Morgan fingerprint density at radius 1 is 1.14 bits per heavy atom. The van der Waals surface area contributed by atoms with E-state index >= 15 is 0 Å². The van der Waals surface area contributed by atoms with Gasteiger partial charge in [-0.2, -0.15) is 0 Å². The molecule has 3 aromatic heterocycles. The van der Waals surface area contributed by atoms with Gasteiger partial charge in [0.25, 0.3) is 11.8 Å². The van der Waals surface area contributed by atoms with E-state index in [0.29, 0.717) is 40.5 Å². The highest BCUT2D eigenvalue weighted by atomic mass is 35.5. The number of anilines is 2. The molecule has 3 N–H and O–H groups in total. The predicted octanol–water partition coefficient (Wildman–Crippen LogP) is 3.69. The third kappa shape index (κ3) is 5.65. The number of fused-ring (bicyclic) bond motifs is 1. The van der Waals surface area contributed by atoms with Gasteiger partial charge in [-0.05, 0) is 31.2 Å². The highest BCUT2D eigenvalue weighted by Gasteiger charge is 2.25. The minimum Gasteiger partial charge on any atom is -0.342 e. The van der Waals surface area contributed by atoms with Gasteiger partial charge < -0.3 is 16.0 Å². The number of nitrogens with one attached hydrogen (secondary N) is 3. The summed E-state index contributed by atoms with van der Waals surface area (Å²) in [7, 11) is 0. The molecule has 0 spiro atoms. The molecule has 0 fully saturated rings. The van der Waals surface area contributed by atoms with Gasteiger partial charge in [-0.3, -0.25) is 14.4 Å².